The van der Waals surface area contributed by atoms with Gasteiger partial charge in [-0.3, -0.25) is 14.7 Å². The number of nitrogens with zero attached hydrogens (tertiary/aromatic N) is 3. The zero-order valence-electron chi connectivity index (χ0n) is 18.2. The summed E-state index contributed by atoms with van der Waals surface area (Å²) in [6, 6.07) is -0.342. The van der Waals surface area contributed by atoms with E-state index in [9.17, 15) is 14.7 Å². The summed E-state index contributed by atoms with van der Waals surface area (Å²) in [5.41, 5.74) is 0.466. The normalized spacial score (nSPS) is 20.6. The molecule has 1 aromatic rings. The molecule has 7 nitrogen and oxygen atoms in total. The van der Waals surface area contributed by atoms with E-state index >= 15 is 4.39 Å². The van der Waals surface area contributed by atoms with E-state index in [1.54, 1.807) is 27.9 Å². The van der Waals surface area contributed by atoms with Crippen LogP contribution in [0.3, 0.4) is 0 Å². The highest BCUT2D eigenvalue weighted by Gasteiger charge is 2.42. The number of amides is 1. The van der Waals surface area contributed by atoms with Crippen LogP contribution in [0.2, 0.25) is 0 Å². The lowest BCUT2D eigenvalue weighted by Gasteiger charge is -2.47. The molecule has 0 bridgehead atoms. The van der Waals surface area contributed by atoms with Gasteiger partial charge in [0.2, 0.25) is 5.91 Å². The predicted octanol–water partition coefficient (Wildman–Crippen LogP) is 2.31. The minimum Gasteiger partial charge on any atom is -0.480 e. The fourth-order valence-corrected chi connectivity index (χ4v) is 3.88. The van der Waals surface area contributed by atoms with Crippen molar-refractivity contribution < 1.29 is 23.8 Å². The topological polar surface area (TPSA) is 83.0 Å². The highest BCUT2D eigenvalue weighted by molar-refractivity contribution is 5.85. The van der Waals surface area contributed by atoms with Crippen molar-refractivity contribution in [2.45, 2.75) is 52.2 Å². The molecule has 0 aromatic carbocycles. The molecule has 1 aliphatic rings. The first-order chi connectivity index (χ1) is 14.2. The number of aromatic nitrogens is 1. The van der Waals surface area contributed by atoms with Gasteiger partial charge in [-0.2, -0.15) is 0 Å². The molecule has 8 heteroatoms. The zero-order valence-corrected chi connectivity index (χ0v) is 18.2. The third-order valence-corrected chi connectivity index (χ3v) is 5.28. The van der Waals surface area contributed by atoms with Crippen molar-refractivity contribution in [3.63, 3.8) is 0 Å². The number of aliphatic carboxylic acids is 1. The van der Waals surface area contributed by atoms with E-state index in [0.717, 1.165) is 0 Å². The van der Waals surface area contributed by atoms with Crippen LogP contribution < -0.4 is 0 Å². The molecule has 0 aliphatic carbocycles. The van der Waals surface area contributed by atoms with Gasteiger partial charge in [-0.05, 0) is 26.3 Å². The van der Waals surface area contributed by atoms with E-state index < -0.39 is 23.9 Å². The fourth-order valence-electron chi connectivity index (χ4n) is 3.88. The number of carboxylic acids is 1. The smallest absolute Gasteiger partial charge is 0.327 e. The first-order valence-electron chi connectivity index (χ1n) is 10.1. The number of pyridine rings is 1. The van der Waals surface area contributed by atoms with E-state index in [4.69, 9.17) is 4.74 Å². The summed E-state index contributed by atoms with van der Waals surface area (Å²) in [6.07, 6.45) is 1.94. The summed E-state index contributed by atoms with van der Waals surface area (Å²) in [6.45, 7) is 7.79. The van der Waals surface area contributed by atoms with Crippen LogP contribution in [0.25, 0.3) is 0 Å². The second-order valence-corrected chi connectivity index (χ2v) is 7.79. The number of methoxy groups -OCH3 is 1. The predicted molar refractivity (Wildman–Crippen MR) is 110 cm³/mol. The molecule has 1 fully saturated rings. The lowest BCUT2D eigenvalue weighted by Crippen LogP contribution is -2.63. The molecule has 3 atom stereocenters. The molecule has 164 valence electrons. The number of carbonyl (C=O) groups is 2. The van der Waals surface area contributed by atoms with Crippen molar-refractivity contribution in [1.82, 2.24) is 14.8 Å². The Bertz CT molecular complexity index is 833. The Morgan fingerprint density at radius 2 is 2.10 bits per heavy atom. The minimum atomic E-state index is -1.08. The average Bonchev–Trinajstić information content (AvgIpc) is 2.69. The highest BCUT2D eigenvalue weighted by atomic mass is 19.1. The second-order valence-electron chi connectivity index (χ2n) is 7.79. The van der Waals surface area contributed by atoms with Gasteiger partial charge in [0.15, 0.2) is 5.82 Å². The van der Waals surface area contributed by atoms with Crippen LogP contribution in [0.1, 0.15) is 51.4 Å². The van der Waals surface area contributed by atoms with E-state index in [0.29, 0.717) is 19.6 Å². The Hall–Kier alpha value is -2.50. The number of ether oxygens (including phenoxy) is 1. The monoisotopic (exact) mass is 419 g/mol. The molecule has 1 N–H and O–H groups in total. The zero-order chi connectivity index (χ0) is 22.4. The lowest BCUT2D eigenvalue weighted by atomic mass is 9.98. The Morgan fingerprint density at radius 1 is 1.40 bits per heavy atom. The number of carboxylic acid groups (broad SMARTS) is 1. The molecule has 2 heterocycles. The van der Waals surface area contributed by atoms with Gasteiger partial charge in [0, 0.05) is 45.0 Å². The number of piperazine rings is 1. The van der Waals surface area contributed by atoms with E-state index in [-0.39, 0.29) is 35.7 Å². The van der Waals surface area contributed by atoms with Crippen LogP contribution in [0.5, 0.6) is 0 Å². The number of carbonyl (C=O) groups excluding carboxylic acids is 1. The van der Waals surface area contributed by atoms with Crippen LogP contribution >= 0.6 is 0 Å². The molecular weight excluding hydrogens is 389 g/mol. The van der Waals surface area contributed by atoms with Gasteiger partial charge in [-0.15, -0.1) is 5.92 Å². The van der Waals surface area contributed by atoms with Crippen molar-refractivity contribution in [1.29, 1.82) is 0 Å². The molecule has 1 saturated heterocycles. The molecule has 1 amide bonds. The van der Waals surface area contributed by atoms with Gasteiger partial charge < -0.3 is 14.7 Å². The molecule has 0 spiro atoms. The summed E-state index contributed by atoms with van der Waals surface area (Å²) in [5, 5.41) is 9.82. The maximum Gasteiger partial charge on any atom is 0.327 e. The Balaban J connectivity index is 2.43. The SMILES string of the molecule is CC#Cc1ccnc([C@@H](CCOC)N2C[C@@H](C)N(C(=O)C(C)C)[C@@H](C(=O)O)C2)c1F. The van der Waals surface area contributed by atoms with E-state index in [1.807, 2.05) is 11.8 Å². The molecule has 30 heavy (non-hydrogen) atoms. The summed E-state index contributed by atoms with van der Waals surface area (Å²) >= 11 is 0. The fraction of sp³-hybridized carbons (Fsp3) is 0.591. The van der Waals surface area contributed by atoms with Gasteiger partial charge in [0.1, 0.15) is 6.04 Å². The highest BCUT2D eigenvalue weighted by Crippen LogP contribution is 2.31. The Morgan fingerprint density at radius 3 is 2.67 bits per heavy atom. The maximum atomic E-state index is 15.1. The van der Waals surface area contributed by atoms with E-state index in [2.05, 4.69) is 16.8 Å². The van der Waals surface area contributed by atoms with Gasteiger partial charge in [0.05, 0.1) is 17.3 Å². The number of hydrogen-bond donors (Lipinski definition) is 1. The average molecular weight is 419 g/mol. The summed E-state index contributed by atoms with van der Waals surface area (Å²) < 4.78 is 20.4. The third-order valence-electron chi connectivity index (χ3n) is 5.28. The lowest BCUT2D eigenvalue weighted by molar-refractivity contribution is -0.159. The first-order valence-corrected chi connectivity index (χ1v) is 10.1. The summed E-state index contributed by atoms with van der Waals surface area (Å²) in [4.78, 5) is 32.3. The molecule has 0 saturated carbocycles. The summed E-state index contributed by atoms with van der Waals surface area (Å²) in [5.74, 6) is 3.33. The number of hydrogen-bond acceptors (Lipinski definition) is 5. The van der Waals surface area contributed by atoms with Crippen LogP contribution in [-0.4, -0.2) is 70.7 Å². The number of rotatable bonds is 7. The standard InChI is InChI=1S/C22H30FN3O4/c1-6-7-16-8-10-24-20(19(16)23)17(9-11-30-5)25-12-15(4)26(21(27)14(2)3)18(13-25)22(28)29/h8,10,14-15,17-18H,9,11-13H2,1-5H3,(H,28,29)/t15-,17-,18-/m1/s1. The molecule has 0 radical (unpaired) electrons. The molecule has 0 unspecified atom stereocenters. The van der Waals surface area contributed by atoms with Crippen molar-refractivity contribution in [2.24, 2.45) is 5.92 Å². The van der Waals surface area contributed by atoms with Crippen molar-refractivity contribution >= 4 is 11.9 Å². The minimum absolute atomic E-state index is 0.0807. The van der Waals surface area contributed by atoms with E-state index in [1.165, 1.54) is 17.2 Å². The largest absolute Gasteiger partial charge is 0.480 e. The van der Waals surface area contributed by atoms with Crippen molar-refractivity contribution in [3.05, 3.63) is 29.3 Å². The van der Waals surface area contributed by atoms with Crippen molar-refractivity contribution in [3.8, 4) is 11.8 Å². The van der Waals surface area contributed by atoms with Crippen LogP contribution in [0.4, 0.5) is 4.39 Å². The van der Waals surface area contributed by atoms with Gasteiger partial charge >= 0.3 is 5.97 Å². The first kappa shape index (κ1) is 23.8. The van der Waals surface area contributed by atoms with Crippen molar-refractivity contribution in [2.75, 3.05) is 26.8 Å². The van der Waals surface area contributed by atoms with Crippen LogP contribution in [0.15, 0.2) is 12.3 Å². The van der Waals surface area contributed by atoms with Crippen LogP contribution in [0, 0.1) is 23.6 Å². The molecular formula is C22H30FN3O4. The Kier molecular flexibility index (Phi) is 8.33. The maximum absolute atomic E-state index is 15.1. The number of halogens is 1. The quantitative estimate of drug-likeness (QED) is 0.683. The third kappa shape index (κ3) is 5.15. The Labute approximate surface area is 177 Å². The molecule has 2 rings (SSSR count). The second kappa shape index (κ2) is 10.5. The van der Waals surface area contributed by atoms with Gasteiger partial charge in [-0.25, -0.2) is 9.18 Å². The summed E-state index contributed by atoms with van der Waals surface area (Å²) in [7, 11) is 1.56. The van der Waals surface area contributed by atoms with Crippen LogP contribution in [-0.2, 0) is 14.3 Å². The van der Waals surface area contributed by atoms with Gasteiger partial charge in [-0.1, -0.05) is 19.8 Å². The molecule has 1 aromatic heterocycles. The molecule has 1 aliphatic heterocycles. The van der Waals surface area contributed by atoms with Gasteiger partial charge in [0.25, 0.3) is 0 Å².